The van der Waals surface area contributed by atoms with E-state index in [0.717, 1.165) is 46.8 Å². The molecule has 4 fully saturated rings. The van der Waals surface area contributed by atoms with E-state index in [-0.39, 0.29) is 144 Å². The van der Waals surface area contributed by atoms with Crippen LogP contribution in [0, 0.1) is 23.7 Å². The molecule has 4 unspecified atom stereocenters. The number of benzene rings is 4. The molecule has 2 saturated heterocycles. The number of primary amides is 1. The number of nitrogens with zero attached hydrogens (tertiary/aromatic N) is 7. The smallest absolute Gasteiger partial charge is 0.359 e. The number of nitrogens with two attached hydrogens (primary N) is 1. The van der Waals surface area contributed by atoms with Crippen LogP contribution >= 0.6 is 0 Å². The minimum absolute atomic E-state index is 0. The van der Waals surface area contributed by atoms with E-state index in [9.17, 15) is 101 Å². The number of carboxylic acids is 1. The Morgan fingerprint density at radius 1 is 0.447 bits per heavy atom. The summed E-state index contributed by atoms with van der Waals surface area (Å²) in [7, 11) is 0. The number of esters is 3. The van der Waals surface area contributed by atoms with Crippen molar-refractivity contribution < 1.29 is 136 Å². The second kappa shape index (κ2) is 50.4. The minimum Gasteiger partial charge on any atom is -0.478 e. The SMILES string of the molecule is C=C(C)C(=O)NCO.C=C(C)C(=O)O.C=C(C)C(=O)OCCN1C(=O)c2ccccc2C1=O.C=C(C)C(=O)OCCN1CCNC1=O.C=C(C)C(=O)OCN1C(=O)c2ccccc2C1=O.C=C(C)C(=O)ON1C(=O)C2C3C=CC(C3)C2C1=O.C=C(C)C(=O)ON1C(=O)c2ccccc2C1=O.C=C(C)C(N)=O.O=C1C=CC(=O)N1C1CCCCC1.O=C1C=CC(=O)N1c1ccccc1.[HH]. The highest BCUT2D eigenvalue weighted by molar-refractivity contribution is 6.28. The van der Waals surface area contributed by atoms with Crippen LogP contribution in [0.25, 0.3) is 0 Å². The number of hydrogen-bond donors (Lipinski definition) is 5. The van der Waals surface area contributed by atoms with Gasteiger partial charge < -0.3 is 55.4 Å². The van der Waals surface area contributed by atoms with Gasteiger partial charge in [-0.2, -0.15) is 0 Å². The molecule has 0 spiro atoms. The van der Waals surface area contributed by atoms with Gasteiger partial charge in [-0.1, -0.05) is 144 Å². The molecule has 698 valence electrons. The number of imide groups is 6. The lowest BCUT2D eigenvalue weighted by Crippen LogP contribution is -2.41. The average Bonchev–Trinajstić information content (AvgIpc) is 1.57. The normalized spacial score (nSPS) is 17.2. The van der Waals surface area contributed by atoms with E-state index in [1.165, 1.54) is 82.4 Å². The molecule has 16 amide bonds. The van der Waals surface area contributed by atoms with Gasteiger partial charge in [-0.3, -0.25) is 76.9 Å². The summed E-state index contributed by atoms with van der Waals surface area (Å²) < 4.78 is 14.5. The number of para-hydroxylation sites is 1. The van der Waals surface area contributed by atoms with E-state index in [1.807, 2.05) is 18.2 Å². The van der Waals surface area contributed by atoms with Crippen molar-refractivity contribution in [1.29, 1.82) is 0 Å². The summed E-state index contributed by atoms with van der Waals surface area (Å²) in [6, 6.07) is 28.3. The van der Waals surface area contributed by atoms with Crippen molar-refractivity contribution >= 4 is 130 Å². The number of aliphatic hydroxyl groups excluding tert-OH is 1. The number of aliphatic carboxylic acids is 1. The summed E-state index contributed by atoms with van der Waals surface area (Å²) in [5, 5.41) is 21.9. The van der Waals surface area contributed by atoms with Crippen LogP contribution in [0.4, 0.5) is 10.5 Å². The maximum Gasteiger partial charge on any atom is 0.359 e. The van der Waals surface area contributed by atoms with Crippen molar-refractivity contribution in [2.24, 2.45) is 29.4 Å². The van der Waals surface area contributed by atoms with Crippen LogP contribution in [0.1, 0.15) is 157 Å². The highest BCUT2D eigenvalue weighted by Gasteiger charge is 2.61. The Morgan fingerprint density at radius 3 is 1.15 bits per heavy atom. The first-order valence-corrected chi connectivity index (χ1v) is 40.5. The topological polar surface area (TPSA) is 518 Å². The van der Waals surface area contributed by atoms with Gasteiger partial charge in [0.1, 0.15) is 19.9 Å². The first kappa shape index (κ1) is 106. The average molecular weight is 1820 g/mol. The summed E-state index contributed by atoms with van der Waals surface area (Å²) >= 11 is 0. The number of allylic oxidation sites excluding steroid dienone is 2. The number of hydrogen-bond acceptors (Lipinski definition) is 27. The molecule has 132 heavy (non-hydrogen) atoms. The van der Waals surface area contributed by atoms with Crippen molar-refractivity contribution in [2.45, 2.75) is 100.0 Å². The number of ether oxygens (including phenoxy) is 3. The molecule has 38 nitrogen and oxygen atoms in total. The van der Waals surface area contributed by atoms with E-state index in [0.29, 0.717) is 74.4 Å². The number of anilines is 1. The largest absolute Gasteiger partial charge is 0.478 e. The molecule has 6 N–H and O–H groups in total. The van der Waals surface area contributed by atoms with E-state index in [2.05, 4.69) is 68.1 Å². The van der Waals surface area contributed by atoms with Crippen LogP contribution in [0.5, 0.6) is 0 Å². The predicted octanol–water partition coefficient (Wildman–Crippen LogP) is 7.97. The molecule has 7 aliphatic heterocycles. The predicted molar refractivity (Wildman–Crippen MR) is 474 cm³/mol. The molecule has 0 radical (unpaired) electrons. The van der Waals surface area contributed by atoms with Gasteiger partial charge in [0.2, 0.25) is 11.8 Å². The number of carboxylic acid groups (broad SMARTS) is 1. The number of aliphatic hydroxyl groups is 1. The number of nitrogens with one attached hydrogen (secondary N) is 2. The first-order valence-electron chi connectivity index (χ1n) is 40.5. The summed E-state index contributed by atoms with van der Waals surface area (Å²) in [5.41, 5.74) is 9.31. The lowest BCUT2D eigenvalue weighted by molar-refractivity contribution is -0.196. The Hall–Kier alpha value is -16.2. The Labute approximate surface area is 760 Å². The Balaban J connectivity index is 0.000000314. The van der Waals surface area contributed by atoms with Gasteiger partial charge in [0, 0.05) is 89.4 Å². The van der Waals surface area contributed by atoms with Crippen molar-refractivity contribution in [1.82, 2.24) is 40.4 Å². The highest BCUT2D eigenvalue weighted by Crippen LogP contribution is 2.52. The molecular formula is C94H104N10O28. The third-order valence-corrected chi connectivity index (χ3v) is 19.5. The van der Waals surface area contributed by atoms with E-state index < -0.39 is 83.9 Å². The zero-order valence-electron chi connectivity index (χ0n) is 73.9. The Morgan fingerprint density at radius 2 is 0.803 bits per heavy atom. The minimum atomic E-state index is -0.935. The lowest BCUT2D eigenvalue weighted by atomic mass is 9.85. The molecular weight excluding hydrogens is 1720 g/mol. The highest BCUT2D eigenvalue weighted by atomic mass is 16.7. The Kier molecular flexibility index (Phi) is 40.6. The van der Waals surface area contributed by atoms with Crippen LogP contribution < -0.4 is 21.3 Å². The van der Waals surface area contributed by atoms with Crippen LogP contribution in [0.15, 0.2) is 237 Å². The van der Waals surface area contributed by atoms with Gasteiger partial charge in [0.25, 0.3) is 70.9 Å². The first-order chi connectivity index (χ1) is 62.2. The summed E-state index contributed by atoms with van der Waals surface area (Å²) in [4.78, 5) is 253. The fourth-order valence-corrected chi connectivity index (χ4v) is 12.6. The second-order valence-corrected chi connectivity index (χ2v) is 30.1. The van der Waals surface area contributed by atoms with Crippen LogP contribution in [-0.2, 0) is 91.0 Å². The van der Waals surface area contributed by atoms with Crippen molar-refractivity contribution in [3.05, 3.63) is 270 Å². The number of hydroxylamine groups is 4. The van der Waals surface area contributed by atoms with Crippen molar-refractivity contribution in [3.8, 4) is 0 Å². The molecule has 14 rings (SSSR count). The summed E-state index contributed by atoms with van der Waals surface area (Å²) in [5.74, 6) is -9.75. The monoisotopic (exact) mass is 1820 g/mol. The van der Waals surface area contributed by atoms with Gasteiger partial charge >= 0.3 is 41.8 Å². The number of amides is 16. The molecule has 4 atom stereocenters. The molecule has 2 bridgehead atoms. The molecule has 38 heteroatoms. The Bertz CT molecular complexity index is 5250. The number of urea groups is 1. The maximum atomic E-state index is 12.1. The van der Waals surface area contributed by atoms with Gasteiger partial charge in [-0.25, -0.2) is 43.4 Å². The zero-order chi connectivity index (χ0) is 98.8. The van der Waals surface area contributed by atoms with Crippen molar-refractivity contribution in [3.63, 3.8) is 0 Å². The van der Waals surface area contributed by atoms with E-state index in [1.54, 1.807) is 111 Å². The lowest BCUT2D eigenvalue weighted by Gasteiger charge is -2.29. The quantitative estimate of drug-likeness (QED) is 0.0132. The molecule has 2 saturated carbocycles. The second-order valence-electron chi connectivity index (χ2n) is 30.1. The fraction of sp³-hybridized carbons (Fsp3) is 0.287. The van der Waals surface area contributed by atoms with Crippen LogP contribution in [-0.4, -0.2) is 223 Å². The van der Waals surface area contributed by atoms with Gasteiger partial charge in [-0.15, -0.1) is 5.06 Å². The number of carbonyl (C=O) groups excluding carboxylic acids is 20. The van der Waals surface area contributed by atoms with Crippen LogP contribution in [0.2, 0.25) is 0 Å². The maximum absolute atomic E-state index is 12.1. The number of rotatable bonds is 21. The van der Waals surface area contributed by atoms with Gasteiger partial charge in [0.05, 0.1) is 64.0 Å². The molecule has 4 aromatic rings. The molecule has 4 aromatic carbocycles. The zero-order valence-corrected chi connectivity index (χ0v) is 73.9. The molecule has 0 aromatic heterocycles. The molecule has 3 aliphatic carbocycles. The molecule has 10 aliphatic rings. The van der Waals surface area contributed by atoms with E-state index in [4.69, 9.17) is 35.0 Å². The van der Waals surface area contributed by atoms with Gasteiger partial charge in [0.15, 0.2) is 6.73 Å². The fourth-order valence-electron chi connectivity index (χ4n) is 12.6. The standard InChI is InChI=1S/C14H13NO4.C13H13NO4.C13H11NO4.C12H9NO4.C10H13NO2.C10H7NO2.C9H14N2O3.C5H9NO2.C4H7NO.C4H6O2.H2/c1-9(2)14(18)19-8-7-15-12(16)10-5-3-4-6-11(10)13(15)17;1-6(2)13(17)18-14-11(15)9-7-3-4-8(5-7)10(9)12(14)16;1-8(2)13(17)18-7-14-11(15)9-5-3-4-6-10(9)12(14)16;1-7(2)12(16)17-13-10(14)8-5-3-4-6-9(8)11(13)15;2*12-9-6-7-10(13)11(9)8-4-2-1-3-5-8;1-7(2)8(12)14-6-5-11-4-3-10-9(11)13;1-4(2)5(8)6-3-7;2*1-3(2)4(5)6;/h3-6H,1,7-8H2,2H3;3-4,7-10H,1,5H2,2H3;3-6H,1,7H2,2H3;3-6H,1H2,2H3;6-8H,1-5H2;1-7H;1,3-6H2,2H3,(H,10,13);7H,1,3H2,2H3,(H,6,8);1H2,2H3,(H2,5,6);1H2,2H3,(H,5,6);1H. The number of fused-ring (bicyclic) bond motifs is 8. The van der Waals surface area contributed by atoms with Crippen molar-refractivity contribution in [2.75, 3.05) is 57.8 Å². The van der Waals surface area contributed by atoms with E-state index >= 15 is 0 Å². The number of carbonyl (C=O) groups is 21. The third kappa shape index (κ3) is 29.5. The summed E-state index contributed by atoms with van der Waals surface area (Å²) in [6.45, 7) is 40.3. The third-order valence-electron chi connectivity index (χ3n) is 19.5. The van der Waals surface area contributed by atoms with Crippen LogP contribution in [0.3, 0.4) is 0 Å². The van der Waals surface area contributed by atoms with Gasteiger partial charge in [-0.05, 0) is 135 Å². The summed E-state index contributed by atoms with van der Waals surface area (Å²) in [6.07, 6.45) is 15.6. The molecule has 7 heterocycles.